The predicted molar refractivity (Wildman–Crippen MR) is 69.4 cm³/mol. The largest absolute Gasteiger partial charge is 0.506 e. The second-order valence-corrected chi connectivity index (χ2v) is 4.67. The molecule has 0 spiro atoms. The van der Waals surface area contributed by atoms with Crippen LogP contribution in [-0.2, 0) is 0 Å². The molecule has 0 atom stereocenters. The van der Waals surface area contributed by atoms with Crippen molar-refractivity contribution in [3.8, 4) is 5.75 Å². The minimum absolute atomic E-state index is 0.145. The van der Waals surface area contributed by atoms with E-state index in [1.54, 1.807) is 25.1 Å². The van der Waals surface area contributed by atoms with Gasteiger partial charge in [-0.2, -0.15) is 0 Å². The van der Waals surface area contributed by atoms with Crippen molar-refractivity contribution in [1.29, 1.82) is 0 Å². The zero-order valence-corrected chi connectivity index (χ0v) is 10.6. The topological polar surface area (TPSA) is 83.5 Å². The quantitative estimate of drug-likeness (QED) is 0.558. The highest BCUT2D eigenvalue weighted by Crippen LogP contribution is 2.37. The summed E-state index contributed by atoms with van der Waals surface area (Å²) in [5, 5.41) is 20.1. The summed E-state index contributed by atoms with van der Waals surface area (Å²) in [6.07, 6.45) is 0. The monoisotopic (exact) mass is 295 g/mol. The molecule has 2 aromatic rings. The fourth-order valence-corrected chi connectivity index (χ4v) is 2.22. The van der Waals surface area contributed by atoms with Crippen LogP contribution in [0, 0.1) is 6.92 Å². The third-order valence-electron chi connectivity index (χ3n) is 2.76. The van der Waals surface area contributed by atoms with Gasteiger partial charge in [0.05, 0.1) is 0 Å². The van der Waals surface area contributed by atoms with Gasteiger partial charge in [-0.1, -0.05) is 22.0 Å². The predicted octanol–water partition coefficient (Wildman–Crippen LogP) is 2.90. The van der Waals surface area contributed by atoms with Crippen LogP contribution in [0.25, 0.3) is 10.8 Å². The summed E-state index contributed by atoms with van der Waals surface area (Å²) in [6, 6.07) is 5.18. The Morgan fingerprint density at radius 1 is 1.35 bits per heavy atom. The minimum Gasteiger partial charge on any atom is -0.506 e. The average Bonchev–Trinajstić information content (AvgIpc) is 2.26. The number of nitrogen functional groups attached to an aromatic ring is 1. The smallest absolute Gasteiger partial charge is 0.339 e. The number of hydrogen-bond acceptors (Lipinski definition) is 3. The van der Waals surface area contributed by atoms with E-state index >= 15 is 0 Å². The molecule has 0 radical (unpaired) electrons. The standard InChI is InChI=1S/C12H10BrNO3/c1-5-9(12(16)17)11(15)8-4-6(13)2-3-7(8)10(5)14/h2-4,15H,14H2,1H3,(H,16,17). The highest BCUT2D eigenvalue weighted by Gasteiger charge is 2.19. The average molecular weight is 296 g/mol. The zero-order valence-electron chi connectivity index (χ0n) is 8.99. The maximum atomic E-state index is 11.1. The highest BCUT2D eigenvalue weighted by molar-refractivity contribution is 9.10. The Balaban J connectivity index is 3.00. The summed E-state index contributed by atoms with van der Waals surface area (Å²) in [4.78, 5) is 11.1. The molecule has 4 N–H and O–H groups in total. The first-order chi connectivity index (χ1) is 7.93. The van der Waals surface area contributed by atoms with Gasteiger partial charge in [0.1, 0.15) is 11.3 Å². The van der Waals surface area contributed by atoms with Crippen molar-refractivity contribution >= 4 is 38.4 Å². The number of benzene rings is 2. The van der Waals surface area contributed by atoms with E-state index < -0.39 is 5.97 Å². The number of carboxylic acid groups (broad SMARTS) is 1. The molecule has 0 amide bonds. The molecule has 0 heterocycles. The molecule has 88 valence electrons. The maximum absolute atomic E-state index is 11.1. The van der Waals surface area contributed by atoms with Gasteiger partial charge < -0.3 is 15.9 Å². The summed E-state index contributed by atoms with van der Waals surface area (Å²) in [5.41, 5.74) is 6.50. The second-order valence-electron chi connectivity index (χ2n) is 3.76. The molecule has 4 nitrogen and oxygen atoms in total. The van der Waals surface area contributed by atoms with E-state index in [9.17, 15) is 9.90 Å². The maximum Gasteiger partial charge on any atom is 0.339 e. The lowest BCUT2D eigenvalue weighted by atomic mass is 9.98. The van der Waals surface area contributed by atoms with Gasteiger partial charge in [0.15, 0.2) is 0 Å². The first-order valence-corrected chi connectivity index (χ1v) is 5.66. The van der Waals surface area contributed by atoms with Crippen molar-refractivity contribution in [2.45, 2.75) is 6.92 Å². The number of nitrogens with two attached hydrogens (primary N) is 1. The first kappa shape index (κ1) is 11.7. The lowest BCUT2D eigenvalue weighted by Gasteiger charge is -2.12. The van der Waals surface area contributed by atoms with Crippen LogP contribution in [0.4, 0.5) is 5.69 Å². The molecule has 0 aliphatic heterocycles. The van der Waals surface area contributed by atoms with Gasteiger partial charge in [-0.3, -0.25) is 0 Å². The molecule has 0 aliphatic rings. The van der Waals surface area contributed by atoms with Gasteiger partial charge in [-0.25, -0.2) is 4.79 Å². The number of phenols is 1. The number of fused-ring (bicyclic) bond motifs is 1. The normalized spacial score (nSPS) is 10.7. The van der Waals surface area contributed by atoms with E-state index in [1.807, 2.05) is 0 Å². The van der Waals surface area contributed by atoms with Gasteiger partial charge in [0.25, 0.3) is 0 Å². The molecule has 2 aromatic carbocycles. The van der Waals surface area contributed by atoms with Crippen LogP contribution < -0.4 is 5.73 Å². The van der Waals surface area contributed by atoms with Crippen LogP contribution in [0.2, 0.25) is 0 Å². The Hall–Kier alpha value is -1.75. The van der Waals surface area contributed by atoms with Crippen molar-refractivity contribution in [3.63, 3.8) is 0 Å². The van der Waals surface area contributed by atoms with Crippen LogP contribution >= 0.6 is 15.9 Å². The number of hydrogen-bond donors (Lipinski definition) is 3. The lowest BCUT2D eigenvalue weighted by molar-refractivity contribution is 0.0693. The molecule has 0 bridgehead atoms. The van der Waals surface area contributed by atoms with E-state index in [2.05, 4.69) is 15.9 Å². The van der Waals surface area contributed by atoms with Gasteiger partial charge >= 0.3 is 5.97 Å². The van der Waals surface area contributed by atoms with E-state index in [-0.39, 0.29) is 11.3 Å². The fraction of sp³-hybridized carbons (Fsp3) is 0.0833. The third-order valence-corrected chi connectivity index (χ3v) is 3.25. The fourth-order valence-electron chi connectivity index (χ4n) is 1.86. The summed E-state index contributed by atoms with van der Waals surface area (Å²) in [5.74, 6) is -1.44. The van der Waals surface area contributed by atoms with Crippen molar-refractivity contribution < 1.29 is 15.0 Å². The Bertz CT molecular complexity index is 637. The van der Waals surface area contributed by atoms with Crippen LogP contribution in [0.15, 0.2) is 22.7 Å². The number of carboxylic acids is 1. The van der Waals surface area contributed by atoms with E-state index in [1.165, 1.54) is 0 Å². The van der Waals surface area contributed by atoms with Crippen LogP contribution in [0.3, 0.4) is 0 Å². The Morgan fingerprint density at radius 2 is 2.00 bits per heavy atom. The van der Waals surface area contributed by atoms with Crippen LogP contribution in [0.5, 0.6) is 5.75 Å². The molecule has 0 aromatic heterocycles. The Morgan fingerprint density at radius 3 is 2.59 bits per heavy atom. The summed E-state index contributed by atoms with van der Waals surface area (Å²) in [7, 11) is 0. The molecule has 0 unspecified atom stereocenters. The second kappa shape index (κ2) is 3.92. The van der Waals surface area contributed by atoms with Crippen molar-refractivity contribution in [2.24, 2.45) is 0 Å². The summed E-state index contributed by atoms with van der Waals surface area (Å²) < 4.78 is 0.750. The van der Waals surface area contributed by atoms with Gasteiger partial charge in [0.2, 0.25) is 0 Å². The lowest BCUT2D eigenvalue weighted by Crippen LogP contribution is -2.04. The SMILES string of the molecule is Cc1c(C(=O)O)c(O)c2cc(Br)ccc2c1N. The molecular formula is C12H10BrNO3. The minimum atomic E-state index is -1.19. The van der Waals surface area contributed by atoms with E-state index in [0.29, 0.717) is 22.0 Å². The molecule has 17 heavy (non-hydrogen) atoms. The van der Waals surface area contributed by atoms with Crippen molar-refractivity contribution in [1.82, 2.24) is 0 Å². The number of aromatic hydroxyl groups is 1. The van der Waals surface area contributed by atoms with Gasteiger partial charge in [-0.05, 0) is 24.6 Å². The molecule has 5 heteroatoms. The molecule has 0 fully saturated rings. The van der Waals surface area contributed by atoms with Crippen LogP contribution in [-0.4, -0.2) is 16.2 Å². The molecule has 0 aliphatic carbocycles. The molecule has 0 saturated heterocycles. The molecule has 0 saturated carbocycles. The van der Waals surface area contributed by atoms with Crippen molar-refractivity contribution in [3.05, 3.63) is 33.8 Å². The molecular weight excluding hydrogens is 286 g/mol. The number of rotatable bonds is 1. The van der Waals surface area contributed by atoms with Crippen LogP contribution in [0.1, 0.15) is 15.9 Å². The summed E-state index contributed by atoms with van der Waals surface area (Å²) in [6.45, 7) is 1.58. The number of carbonyl (C=O) groups is 1. The Kier molecular flexibility index (Phi) is 2.71. The van der Waals surface area contributed by atoms with Gasteiger partial charge in [-0.15, -0.1) is 0 Å². The highest BCUT2D eigenvalue weighted by atomic mass is 79.9. The number of aromatic carboxylic acids is 1. The summed E-state index contributed by atoms with van der Waals surface area (Å²) >= 11 is 3.27. The third kappa shape index (κ3) is 1.72. The molecule has 2 rings (SSSR count). The zero-order chi connectivity index (χ0) is 12.7. The number of anilines is 1. The van der Waals surface area contributed by atoms with E-state index in [0.717, 1.165) is 4.47 Å². The Labute approximate surface area is 106 Å². The van der Waals surface area contributed by atoms with E-state index in [4.69, 9.17) is 10.8 Å². The van der Waals surface area contributed by atoms with Crippen molar-refractivity contribution in [2.75, 3.05) is 5.73 Å². The first-order valence-electron chi connectivity index (χ1n) is 4.87. The van der Waals surface area contributed by atoms with Gasteiger partial charge in [0, 0.05) is 20.9 Å². The number of halogens is 1.